The summed E-state index contributed by atoms with van der Waals surface area (Å²) in [4.78, 5) is 11.5. The smallest absolute Gasteiger partial charge is 0.373 e. The van der Waals surface area contributed by atoms with E-state index >= 15 is 0 Å². The maximum absolute atomic E-state index is 10.7. The predicted molar refractivity (Wildman–Crippen MR) is 46.9 cm³/mol. The molecule has 0 aliphatic carbocycles. The molecule has 0 atom stereocenters. The van der Waals surface area contributed by atoms with E-state index in [2.05, 4.69) is 4.74 Å². The minimum atomic E-state index is -0.719. The fraction of sp³-hybridized carbons (Fsp3) is 0.125. The van der Waals surface area contributed by atoms with Crippen molar-refractivity contribution in [2.24, 2.45) is 0 Å². The van der Waals surface area contributed by atoms with E-state index in [4.69, 9.17) is 5.11 Å². The second-order valence-electron chi connectivity index (χ2n) is 2.04. The number of ether oxygens (including phenoxy) is 1. The third kappa shape index (κ3) is 2.10. The molecule has 0 amide bonds. The lowest BCUT2D eigenvalue weighted by Crippen LogP contribution is -2.02. The van der Waals surface area contributed by atoms with Crippen LogP contribution in [0.25, 0.3) is 6.08 Å². The van der Waals surface area contributed by atoms with Crippen LogP contribution in [0.4, 0.5) is 0 Å². The number of rotatable bonds is 2. The summed E-state index contributed by atoms with van der Waals surface area (Å²) < 4.78 is 4.31. The lowest BCUT2D eigenvalue weighted by atomic mass is 10.4. The van der Waals surface area contributed by atoms with Gasteiger partial charge in [-0.3, -0.25) is 0 Å². The van der Waals surface area contributed by atoms with E-state index in [0.717, 1.165) is 4.88 Å². The van der Waals surface area contributed by atoms with Gasteiger partial charge in [0.1, 0.15) is 0 Å². The van der Waals surface area contributed by atoms with Crippen LogP contribution in [0.5, 0.6) is 0 Å². The van der Waals surface area contributed by atoms with E-state index < -0.39 is 5.97 Å². The van der Waals surface area contributed by atoms with E-state index in [1.54, 1.807) is 6.07 Å². The first kappa shape index (κ1) is 8.80. The Hall–Kier alpha value is -1.29. The summed E-state index contributed by atoms with van der Waals surface area (Å²) in [6, 6.07) is 3.63. The van der Waals surface area contributed by atoms with Crippen molar-refractivity contribution >= 4 is 23.4 Å². The van der Waals surface area contributed by atoms with Gasteiger partial charge in [-0.15, -0.1) is 11.3 Å². The molecule has 0 spiro atoms. The van der Waals surface area contributed by atoms with Crippen LogP contribution < -0.4 is 0 Å². The lowest BCUT2D eigenvalue weighted by molar-refractivity contribution is -0.138. The average molecular weight is 184 g/mol. The molecule has 1 rings (SSSR count). The third-order valence-electron chi connectivity index (χ3n) is 1.22. The Bertz CT molecular complexity index is 287. The summed E-state index contributed by atoms with van der Waals surface area (Å²) >= 11 is 1.43. The molecule has 64 valence electrons. The number of hydrogen-bond donors (Lipinski definition) is 1. The van der Waals surface area contributed by atoms with E-state index in [9.17, 15) is 4.79 Å². The van der Waals surface area contributed by atoms with Crippen LogP contribution in [0, 0.1) is 0 Å². The Morgan fingerprint density at radius 2 is 2.50 bits per heavy atom. The van der Waals surface area contributed by atoms with Crippen molar-refractivity contribution in [1.82, 2.24) is 0 Å². The first-order valence-electron chi connectivity index (χ1n) is 3.26. The quantitative estimate of drug-likeness (QED) is 0.433. The fourth-order valence-electron chi connectivity index (χ4n) is 0.672. The number of esters is 1. The van der Waals surface area contributed by atoms with Gasteiger partial charge >= 0.3 is 5.97 Å². The molecule has 4 heteroatoms. The van der Waals surface area contributed by atoms with Crippen molar-refractivity contribution in [2.75, 3.05) is 7.11 Å². The first-order valence-corrected chi connectivity index (χ1v) is 4.14. The highest BCUT2D eigenvalue weighted by Crippen LogP contribution is 2.12. The third-order valence-corrected chi connectivity index (χ3v) is 2.04. The van der Waals surface area contributed by atoms with Crippen molar-refractivity contribution in [3.8, 4) is 0 Å². The van der Waals surface area contributed by atoms with E-state index in [1.165, 1.54) is 24.5 Å². The standard InChI is InChI=1S/C8H8O3S/c1-11-8(10)7(9)5-6-3-2-4-12-6/h2-5,9H,1H3/b7-5-. The van der Waals surface area contributed by atoms with Crippen LogP contribution >= 0.6 is 11.3 Å². The highest BCUT2D eigenvalue weighted by atomic mass is 32.1. The summed E-state index contributed by atoms with van der Waals surface area (Å²) in [5, 5.41) is 10.9. The normalized spacial score (nSPS) is 11.2. The highest BCUT2D eigenvalue weighted by molar-refractivity contribution is 7.10. The monoisotopic (exact) mass is 184 g/mol. The Kier molecular flexibility index (Phi) is 2.88. The van der Waals surface area contributed by atoms with Crippen molar-refractivity contribution in [2.45, 2.75) is 0 Å². The molecule has 1 heterocycles. The summed E-state index contributed by atoms with van der Waals surface area (Å²) in [7, 11) is 1.22. The van der Waals surface area contributed by atoms with Crippen molar-refractivity contribution in [1.29, 1.82) is 0 Å². The first-order chi connectivity index (χ1) is 5.74. The second kappa shape index (κ2) is 3.92. The van der Waals surface area contributed by atoms with Crippen LogP contribution in [-0.4, -0.2) is 18.2 Å². The minimum absolute atomic E-state index is 0.375. The van der Waals surface area contributed by atoms with Gasteiger partial charge in [-0.05, 0) is 11.4 Å². The van der Waals surface area contributed by atoms with E-state index in [-0.39, 0.29) is 5.76 Å². The number of aliphatic hydroxyl groups excluding tert-OH is 1. The number of carbonyl (C=O) groups excluding carboxylic acids is 1. The van der Waals surface area contributed by atoms with Gasteiger partial charge in [0.25, 0.3) is 0 Å². The fourth-order valence-corrected chi connectivity index (χ4v) is 1.32. The van der Waals surface area contributed by atoms with Gasteiger partial charge in [0.2, 0.25) is 5.76 Å². The molecule has 3 nitrogen and oxygen atoms in total. The highest BCUT2D eigenvalue weighted by Gasteiger charge is 2.06. The van der Waals surface area contributed by atoms with Crippen LogP contribution in [0.2, 0.25) is 0 Å². The van der Waals surface area contributed by atoms with Crippen LogP contribution in [0.1, 0.15) is 4.88 Å². The molecule has 12 heavy (non-hydrogen) atoms. The van der Waals surface area contributed by atoms with Gasteiger partial charge in [-0.1, -0.05) is 6.07 Å². The maximum atomic E-state index is 10.7. The van der Waals surface area contributed by atoms with Crippen molar-refractivity contribution in [3.05, 3.63) is 28.1 Å². The molecule has 0 saturated heterocycles. The van der Waals surface area contributed by atoms with Gasteiger partial charge in [-0.25, -0.2) is 4.79 Å². The maximum Gasteiger partial charge on any atom is 0.373 e. The average Bonchev–Trinajstić information content (AvgIpc) is 2.55. The van der Waals surface area contributed by atoms with Crippen LogP contribution in [0.3, 0.4) is 0 Å². The summed E-state index contributed by atoms with van der Waals surface area (Å²) in [6.45, 7) is 0. The van der Waals surface area contributed by atoms with Gasteiger partial charge in [0, 0.05) is 11.0 Å². The van der Waals surface area contributed by atoms with Gasteiger partial charge in [-0.2, -0.15) is 0 Å². The van der Waals surface area contributed by atoms with E-state index in [1.807, 2.05) is 11.4 Å². The van der Waals surface area contributed by atoms with Gasteiger partial charge < -0.3 is 9.84 Å². The lowest BCUT2D eigenvalue weighted by Gasteiger charge is -1.94. The Labute approximate surface area is 73.9 Å². The van der Waals surface area contributed by atoms with Gasteiger partial charge in [0.15, 0.2) is 0 Å². The number of aliphatic hydroxyl groups is 1. The topological polar surface area (TPSA) is 46.5 Å². The SMILES string of the molecule is COC(=O)/C(O)=C/c1cccs1. The number of carbonyl (C=O) groups is 1. The molecule has 0 aliphatic heterocycles. The van der Waals surface area contributed by atoms with E-state index in [0.29, 0.717) is 0 Å². The summed E-state index contributed by atoms with van der Waals surface area (Å²) in [6.07, 6.45) is 1.37. The molecule has 1 aromatic rings. The number of hydrogen-bond acceptors (Lipinski definition) is 4. The summed E-state index contributed by atoms with van der Waals surface area (Å²) in [5.74, 6) is -1.09. The number of thiophene rings is 1. The molecule has 1 aromatic heterocycles. The molecule has 0 radical (unpaired) electrons. The minimum Gasteiger partial charge on any atom is -0.502 e. The van der Waals surface area contributed by atoms with Gasteiger partial charge in [0.05, 0.1) is 7.11 Å². The molecular formula is C8H8O3S. The van der Waals surface area contributed by atoms with Crippen molar-refractivity contribution < 1.29 is 14.6 Å². The van der Waals surface area contributed by atoms with Crippen molar-refractivity contribution in [3.63, 3.8) is 0 Å². The Balaban J connectivity index is 2.76. The molecule has 0 bridgehead atoms. The predicted octanol–water partition coefficient (Wildman–Crippen LogP) is 1.82. The summed E-state index contributed by atoms with van der Waals surface area (Å²) in [5.41, 5.74) is 0. The Morgan fingerprint density at radius 3 is 3.00 bits per heavy atom. The molecule has 0 aromatic carbocycles. The molecule has 0 saturated carbocycles. The molecule has 0 unspecified atom stereocenters. The zero-order chi connectivity index (χ0) is 8.97. The van der Waals surface area contributed by atoms with Crippen LogP contribution in [-0.2, 0) is 9.53 Å². The zero-order valence-electron chi connectivity index (χ0n) is 6.48. The molecule has 1 N–H and O–H groups in total. The second-order valence-corrected chi connectivity index (χ2v) is 3.02. The number of methoxy groups -OCH3 is 1. The zero-order valence-corrected chi connectivity index (χ0v) is 7.30. The molecule has 0 aliphatic rings. The Morgan fingerprint density at radius 1 is 1.75 bits per heavy atom. The van der Waals surface area contributed by atoms with Crippen LogP contribution in [0.15, 0.2) is 23.3 Å². The largest absolute Gasteiger partial charge is 0.502 e. The molecular weight excluding hydrogens is 176 g/mol. The molecule has 0 fully saturated rings.